The van der Waals surface area contributed by atoms with E-state index in [-0.39, 0.29) is 11.5 Å². The molecule has 1 saturated carbocycles. The number of ether oxygens (including phenoxy) is 1. The van der Waals surface area contributed by atoms with E-state index in [4.69, 9.17) is 9.84 Å². The lowest BCUT2D eigenvalue weighted by Crippen LogP contribution is -2.53. The lowest BCUT2D eigenvalue weighted by Gasteiger charge is -2.49. The molecule has 1 aliphatic heterocycles. The third-order valence-electron chi connectivity index (χ3n) is 4.58. The molecule has 2 fully saturated rings. The van der Waals surface area contributed by atoms with Crippen LogP contribution < -0.4 is 0 Å². The van der Waals surface area contributed by atoms with Crippen LogP contribution in [-0.2, 0) is 9.53 Å². The van der Waals surface area contributed by atoms with Gasteiger partial charge in [-0.05, 0) is 38.6 Å². The van der Waals surface area contributed by atoms with Crippen molar-refractivity contribution < 1.29 is 14.6 Å². The number of hydrogen-bond donors (Lipinski definition) is 1. The molecule has 0 radical (unpaired) electrons. The number of aliphatic carboxylic acids is 1. The number of nitrogens with zero attached hydrogens (tertiary/aromatic N) is 1. The van der Waals surface area contributed by atoms with Gasteiger partial charge in [0.2, 0.25) is 0 Å². The van der Waals surface area contributed by atoms with Gasteiger partial charge in [-0.15, -0.1) is 0 Å². The average molecular weight is 255 g/mol. The first-order valence-electron chi connectivity index (χ1n) is 7.17. The second-order valence-corrected chi connectivity index (χ2v) is 5.86. The van der Waals surface area contributed by atoms with E-state index in [9.17, 15) is 4.79 Å². The molecule has 0 aromatic carbocycles. The van der Waals surface area contributed by atoms with Gasteiger partial charge >= 0.3 is 5.97 Å². The second kappa shape index (κ2) is 5.57. The summed E-state index contributed by atoms with van der Waals surface area (Å²) >= 11 is 0. The molecule has 2 atom stereocenters. The summed E-state index contributed by atoms with van der Waals surface area (Å²) in [4.78, 5) is 13.3. The molecule has 104 valence electrons. The third kappa shape index (κ3) is 2.86. The van der Waals surface area contributed by atoms with Gasteiger partial charge in [-0.2, -0.15) is 0 Å². The SMILES string of the molecule is CCN(CC(C)C(=O)O)C1CCOC2(CCC2)C1. The van der Waals surface area contributed by atoms with E-state index in [0.717, 1.165) is 26.0 Å². The van der Waals surface area contributed by atoms with Crippen molar-refractivity contribution in [1.82, 2.24) is 4.90 Å². The van der Waals surface area contributed by atoms with Crippen LogP contribution in [0.2, 0.25) is 0 Å². The van der Waals surface area contributed by atoms with Crippen LogP contribution >= 0.6 is 0 Å². The second-order valence-electron chi connectivity index (χ2n) is 5.86. The smallest absolute Gasteiger partial charge is 0.307 e. The minimum atomic E-state index is -0.695. The normalized spacial score (nSPS) is 28.1. The number of carboxylic acid groups (broad SMARTS) is 1. The zero-order chi connectivity index (χ0) is 13.2. The molecule has 4 heteroatoms. The highest BCUT2D eigenvalue weighted by Gasteiger charge is 2.43. The largest absolute Gasteiger partial charge is 0.481 e. The number of rotatable bonds is 5. The maximum Gasteiger partial charge on any atom is 0.307 e. The van der Waals surface area contributed by atoms with E-state index in [1.54, 1.807) is 6.92 Å². The molecule has 1 spiro atoms. The Morgan fingerprint density at radius 2 is 2.28 bits per heavy atom. The zero-order valence-electron chi connectivity index (χ0n) is 11.5. The van der Waals surface area contributed by atoms with Gasteiger partial charge in [0, 0.05) is 19.2 Å². The summed E-state index contributed by atoms with van der Waals surface area (Å²) in [6.45, 7) is 6.34. The summed E-state index contributed by atoms with van der Waals surface area (Å²) in [5.74, 6) is -0.982. The van der Waals surface area contributed by atoms with Crippen LogP contribution in [0.4, 0.5) is 0 Å². The van der Waals surface area contributed by atoms with Gasteiger partial charge in [0.1, 0.15) is 0 Å². The number of carboxylic acids is 1. The van der Waals surface area contributed by atoms with Crippen molar-refractivity contribution in [2.75, 3.05) is 19.7 Å². The third-order valence-corrected chi connectivity index (χ3v) is 4.58. The van der Waals surface area contributed by atoms with E-state index < -0.39 is 5.97 Å². The lowest BCUT2D eigenvalue weighted by molar-refractivity contribution is -0.152. The Kier molecular flexibility index (Phi) is 4.28. The molecule has 1 saturated heterocycles. The maximum atomic E-state index is 11.0. The zero-order valence-corrected chi connectivity index (χ0v) is 11.5. The molecule has 0 amide bonds. The molecule has 0 bridgehead atoms. The minimum Gasteiger partial charge on any atom is -0.481 e. The lowest BCUT2D eigenvalue weighted by atomic mass is 9.73. The number of carbonyl (C=O) groups is 1. The fourth-order valence-electron chi connectivity index (χ4n) is 3.20. The molecule has 4 nitrogen and oxygen atoms in total. The first-order valence-corrected chi connectivity index (χ1v) is 7.17. The van der Waals surface area contributed by atoms with Crippen LogP contribution in [0.1, 0.15) is 46.0 Å². The Morgan fingerprint density at radius 3 is 2.78 bits per heavy atom. The molecular weight excluding hydrogens is 230 g/mol. The van der Waals surface area contributed by atoms with Crippen molar-refractivity contribution in [3.63, 3.8) is 0 Å². The average Bonchev–Trinajstić information content (AvgIpc) is 2.33. The standard InChI is InChI=1S/C14H25NO3/c1-3-15(10-11(2)13(16)17)12-5-8-18-14(9-12)6-4-7-14/h11-12H,3-10H2,1-2H3,(H,16,17). The van der Waals surface area contributed by atoms with Crippen LogP contribution in [-0.4, -0.2) is 47.3 Å². The Bertz CT molecular complexity index is 301. The summed E-state index contributed by atoms with van der Waals surface area (Å²) in [5, 5.41) is 9.03. The van der Waals surface area contributed by atoms with E-state index in [1.165, 1.54) is 19.3 Å². The summed E-state index contributed by atoms with van der Waals surface area (Å²) in [6.07, 6.45) is 5.80. The Morgan fingerprint density at radius 1 is 1.56 bits per heavy atom. The van der Waals surface area contributed by atoms with Gasteiger partial charge < -0.3 is 9.84 Å². The summed E-state index contributed by atoms with van der Waals surface area (Å²) in [7, 11) is 0. The predicted octanol–water partition coefficient (Wildman–Crippen LogP) is 2.13. The summed E-state index contributed by atoms with van der Waals surface area (Å²) < 4.78 is 5.94. The number of hydrogen-bond acceptors (Lipinski definition) is 3. The van der Waals surface area contributed by atoms with Gasteiger partial charge in [0.15, 0.2) is 0 Å². The quantitative estimate of drug-likeness (QED) is 0.817. The van der Waals surface area contributed by atoms with Crippen LogP contribution in [0.15, 0.2) is 0 Å². The van der Waals surface area contributed by atoms with Gasteiger partial charge in [0.05, 0.1) is 11.5 Å². The molecule has 2 aliphatic rings. The van der Waals surface area contributed by atoms with Crippen LogP contribution in [0.5, 0.6) is 0 Å². The fraction of sp³-hybridized carbons (Fsp3) is 0.929. The van der Waals surface area contributed by atoms with Crippen molar-refractivity contribution in [1.29, 1.82) is 0 Å². The molecule has 1 N–H and O–H groups in total. The van der Waals surface area contributed by atoms with E-state index in [1.807, 2.05) is 0 Å². The van der Waals surface area contributed by atoms with E-state index >= 15 is 0 Å². The van der Waals surface area contributed by atoms with E-state index in [2.05, 4.69) is 11.8 Å². The minimum absolute atomic E-state index is 0.142. The Balaban J connectivity index is 1.92. The molecule has 2 rings (SSSR count). The van der Waals surface area contributed by atoms with Crippen LogP contribution in [0, 0.1) is 5.92 Å². The van der Waals surface area contributed by atoms with Crippen molar-refractivity contribution in [2.45, 2.75) is 57.6 Å². The highest BCUT2D eigenvalue weighted by atomic mass is 16.5. The predicted molar refractivity (Wildman–Crippen MR) is 69.6 cm³/mol. The Hall–Kier alpha value is -0.610. The molecule has 1 aliphatic carbocycles. The molecule has 0 aromatic rings. The summed E-state index contributed by atoms with van der Waals surface area (Å²) in [6, 6.07) is 0.505. The van der Waals surface area contributed by atoms with Gasteiger partial charge in [-0.1, -0.05) is 13.8 Å². The summed E-state index contributed by atoms with van der Waals surface area (Å²) in [5.41, 5.74) is 0.142. The van der Waals surface area contributed by atoms with Gasteiger partial charge in [0.25, 0.3) is 0 Å². The molecule has 2 unspecified atom stereocenters. The van der Waals surface area contributed by atoms with Crippen molar-refractivity contribution in [3.05, 3.63) is 0 Å². The highest BCUT2D eigenvalue weighted by Crippen LogP contribution is 2.43. The van der Waals surface area contributed by atoms with Crippen molar-refractivity contribution >= 4 is 5.97 Å². The highest BCUT2D eigenvalue weighted by molar-refractivity contribution is 5.69. The fourth-order valence-corrected chi connectivity index (χ4v) is 3.20. The molecule has 1 heterocycles. The van der Waals surface area contributed by atoms with Crippen molar-refractivity contribution in [2.24, 2.45) is 5.92 Å². The van der Waals surface area contributed by atoms with E-state index in [0.29, 0.717) is 12.6 Å². The van der Waals surface area contributed by atoms with Crippen LogP contribution in [0.25, 0.3) is 0 Å². The topological polar surface area (TPSA) is 49.8 Å². The first kappa shape index (κ1) is 13.8. The maximum absolute atomic E-state index is 11.0. The molecular formula is C14H25NO3. The van der Waals surface area contributed by atoms with Gasteiger partial charge in [-0.3, -0.25) is 9.69 Å². The molecule has 0 aromatic heterocycles. The molecule has 18 heavy (non-hydrogen) atoms. The van der Waals surface area contributed by atoms with Crippen LogP contribution in [0.3, 0.4) is 0 Å². The van der Waals surface area contributed by atoms with Crippen molar-refractivity contribution in [3.8, 4) is 0 Å². The first-order chi connectivity index (χ1) is 8.56. The Labute approximate surface area is 109 Å². The monoisotopic (exact) mass is 255 g/mol. The van der Waals surface area contributed by atoms with Gasteiger partial charge in [-0.25, -0.2) is 0 Å².